The Morgan fingerprint density at radius 2 is 1.89 bits per heavy atom. The maximum absolute atomic E-state index is 11.7. The molecule has 1 N–H and O–H groups in total. The highest BCUT2D eigenvalue weighted by Crippen LogP contribution is 2.13. The number of ether oxygens (including phenoxy) is 1. The van der Waals surface area contributed by atoms with Crippen LogP contribution in [-0.4, -0.2) is 30.9 Å². The van der Waals surface area contributed by atoms with E-state index in [1.807, 2.05) is 32.9 Å². The van der Waals surface area contributed by atoms with Crippen molar-refractivity contribution in [3.63, 3.8) is 0 Å². The zero-order valence-electron chi connectivity index (χ0n) is 11.0. The molecule has 0 bridgehead atoms. The highest BCUT2D eigenvalue weighted by molar-refractivity contribution is 6.15. The van der Waals surface area contributed by atoms with Crippen molar-refractivity contribution in [1.29, 1.82) is 0 Å². The fourth-order valence-corrected chi connectivity index (χ4v) is 1.37. The Morgan fingerprint density at radius 1 is 1.28 bits per heavy atom. The minimum absolute atomic E-state index is 0.325. The first-order valence-corrected chi connectivity index (χ1v) is 5.82. The normalized spacial score (nSPS) is 11.1. The number of rotatable bonds is 5. The van der Waals surface area contributed by atoms with Gasteiger partial charge < -0.3 is 14.4 Å². The molecule has 97 valence electrons. The Balaban J connectivity index is 2.57. The summed E-state index contributed by atoms with van der Waals surface area (Å²) in [6, 6.07) is 7.15. The van der Waals surface area contributed by atoms with Gasteiger partial charge in [0.15, 0.2) is 0 Å². The second kappa shape index (κ2) is 6.57. The van der Waals surface area contributed by atoms with Gasteiger partial charge in [0.2, 0.25) is 0 Å². The van der Waals surface area contributed by atoms with E-state index in [1.165, 1.54) is 0 Å². The molecule has 1 radical (unpaired) electrons. The van der Waals surface area contributed by atoms with E-state index in [0.717, 1.165) is 5.56 Å². The van der Waals surface area contributed by atoms with E-state index in [4.69, 9.17) is 14.4 Å². The van der Waals surface area contributed by atoms with E-state index in [2.05, 4.69) is 0 Å². The third-order valence-corrected chi connectivity index (χ3v) is 2.17. The second-order valence-electron chi connectivity index (χ2n) is 4.93. The molecule has 0 aromatic heterocycles. The van der Waals surface area contributed by atoms with E-state index >= 15 is 0 Å². The van der Waals surface area contributed by atoms with Gasteiger partial charge in [0.05, 0.1) is 5.56 Å². The summed E-state index contributed by atoms with van der Waals surface area (Å²) in [5, 5.41) is 8.36. The fourth-order valence-electron chi connectivity index (χ4n) is 1.37. The van der Waals surface area contributed by atoms with E-state index in [-0.39, 0.29) is 5.97 Å². The summed E-state index contributed by atoms with van der Waals surface area (Å²) in [5.41, 5.74) is 1.08. The Bertz CT molecular complexity index is 381. The van der Waals surface area contributed by atoms with Gasteiger partial charge in [0.1, 0.15) is 5.60 Å². The molecule has 0 fully saturated rings. The summed E-state index contributed by atoms with van der Waals surface area (Å²) >= 11 is 0. The highest BCUT2D eigenvalue weighted by atomic mass is 16.6. The SMILES string of the molecule is CC(C)(C)OC(=O)c1ccc(CCO[B]O)cc1. The molecule has 0 amide bonds. The Morgan fingerprint density at radius 3 is 2.39 bits per heavy atom. The van der Waals surface area contributed by atoms with Gasteiger partial charge in [0.25, 0.3) is 0 Å². The van der Waals surface area contributed by atoms with Crippen molar-refractivity contribution in [2.24, 2.45) is 0 Å². The van der Waals surface area contributed by atoms with Crippen molar-refractivity contribution >= 4 is 13.7 Å². The van der Waals surface area contributed by atoms with Crippen LogP contribution in [0, 0.1) is 0 Å². The van der Waals surface area contributed by atoms with Crippen LogP contribution in [0.2, 0.25) is 0 Å². The lowest BCUT2D eigenvalue weighted by Crippen LogP contribution is -2.23. The molecule has 1 aromatic rings. The molecular formula is C13H18BO4. The number of hydrogen-bond acceptors (Lipinski definition) is 4. The number of carbonyl (C=O) groups is 1. The van der Waals surface area contributed by atoms with Gasteiger partial charge in [-0.1, -0.05) is 12.1 Å². The van der Waals surface area contributed by atoms with Crippen LogP contribution in [-0.2, 0) is 15.8 Å². The van der Waals surface area contributed by atoms with Crippen molar-refractivity contribution in [3.8, 4) is 0 Å². The predicted octanol–water partition coefficient (Wildman–Crippen LogP) is 1.73. The standard InChI is InChI=1S/C13H18BO4/c1-13(2,3)18-12(15)11-6-4-10(5-7-11)8-9-17-14-16/h4-7,16H,8-9H2,1-3H3. The van der Waals surface area contributed by atoms with Gasteiger partial charge >= 0.3 is 13.7 Å². The molecule has 1 aromatic carbocycles. The van der Waals surface area contributed by atoms with Crippen molar-refractivity contribution in [3.05, 3.63) is 35.4 Å². The van der Waals surface area contributed by atoms with Crippen molar-refractivity contribution < 1.29 is 19.2 Å². The molecule has 0 aliphatic heterocycles. The van der Waals surface area contributed by atoms with Crippen LogP contribution in [0.3, 0.4) is 0 Å². The van der Waals surface area contributed by atoms with Crippen LogP contribution in [0.1, 0.15) is 36.7 Å². The Hall–Kier alpha value is -1.33. The Labute approximate surface area is 108 Å². The van der Waals surface area contributed by atoms with Crippen molar-refractivity contribution in [1.82, 2.24) is 0 Å². The maximum atomic E-state index is 11.7. The Kier molecular flexibility index (Phi) is 5.37. The summed E-state index contributed by atoms with van der Waals surface area (Å²) in [7, 11) is 0.676. The predicted molar refractivity (Wildman–Crippen MR) is 69.2 cm³/mol. The molecule has 4 nitrogen and oxygen atoms in total. The average Bonchev–Trinajstić information content (AvgIpc) is 2.28. The molecule has 5 heteroatoms. The van der Waals surface area contributed by atoms with E-state index in [1.54, 1.807) is 12.1 Å². The number of esters is 1. The molecule has 0 saturated carbocycles. The second-order valence-corrected chi connectivity index (χ2v) is 4.93. The van der Waals surface area contributed by atoms with Gasteiger partial charge in [-0.15, -0.1) is 0 Å². The molecule has 0 heterocycles. The van der Waals surface area contributed by atoms with Crippen LogP contribution in [0.25, 0.3) is 0 Å². The molecule has 0 unspecified atom stereocenters. The summed E-state index contributed by atoms with van der Waals surface area (Å²) in [5.74, 6) is -0.325. The smallest absolute Gasteiger partial charge is 0.456 e. The molecule has 1 rings (SSSR count). The summed E-state index contributed by atoms with van der Waals surface area (Å²) in [4.78, 5) is 11.7. The summed E-state index contributed by atoms with van der Waals surface area (Å²) < 4.78 is 9.98. The molecule has 0 atom stereocenters. The van der Waals surface area contributed by atoms with Crippen molar-refractivity contribution in [2.75, 3.05) is 6.61 Å². The first-order valence-electron chi connectivity index (χ1n) is 5.82. The first kappa shape index (κ1) is 14.7. The molecule has 0 aliphatic rings. The van der Waals surface area contributed by atoms with Gasteiger partial charge in [-0.05, 0) is 44.9 Å². The number of hydrogen-bond donors (Lipinski definition) is 1. The molecule has 0 aliphatic carbocycles. The van der Waals surface area contributed by atoms with Gasteiger partial charge in [-0.3, -0.25) is 0 Å². The zero-order valence-corrected chi connectivity index (χ0v) is 11.0. The van der Waals surface area contributed by atoms with Gasteiger partial charge in [-0.2, -0.15) is 0 Å². The molecular weight excluding hydrogens is 231 g/mol. The monoisotopic (exact) mass is 249 g/mol. The number of carbonyl (C=O) groups excluding carboxylic acids is 1. The summed E-state index contributed by atoms with van der Waals surface area (Å²) in [6.07, 6.45) is 0.672. The topological polar surface area (TPSA) is 55.8 Å². The molecule has 0 spiro atoms. The molecule has 0 saturated heterocycles. The maximum Gasteiger partial charge on any atom is 0.485 e. The lowest BCUT2D eigenvalue weighted by molar-refractivity contribution is 0.00695. The average molecular weight is 249 g/mol. The van der Waals surface area contributed by atoms with Crippen molar-refractivity contribution in [2.45, 2.75) is 32.8 Å². The first-order chi connectivity index (χ1) is 8.42. The van der Waals surface area contributed by atoms with Crippen LogP contribution >= 0.6 is 0 Å². The van der Waals surface area contributed by atoms with Gasteiger partial charge in [0, 0.05) is 6.61 Å². The van der Waals surface area contributed by atoms with Gasteiger partial charge in [-0.25, -0.2) is 4.79 Å². The zero-order chi connectivity index (χ0) is 13.6. The minimum atomic E-state index is -0.486. The lowest BCUT2D eigenvalue weighted by atomic mass is 10.1. The van der Waals surface area contributed by atoms with E-state index < -0.39 is 5.60 Å². The minimum Gasteiger partial charge on any atom is -0.456 e. The van der Waals surface area contributed by atoms with E-state index in [9.17, 15) is 4.79 Å². The lowest BCUT2D eigenvalue weighted by Gasteiger charge is -2.19. The molecule has 18 heavy (non-hydrogen) atoms. The number of benzene rings is 1. The summed E-state index contributed by atoms with van der Waals surface area (Å²) in [6.45, 7) is 5.91. The van der Waals surface area contributed by atoms with E-state index in [0.29, 0.717) is 26.3 Å². The highest BCUT2D eigenvalue weighted by Gasteiger charge is 2.17. The third kappa shape index (κ3) is 5.34. The van der Waals surface area contributed by atoms with Crippen LogP contribution in [0.4, 0.5) is 0 Å². The quantitative estimate of drug-likeness (QED) is 0.490. The largest absolute Gasteiger partial charge is 0.485 e. The van der Waals surface area contributed by atoms with Crippen LogP contribution < -0.4 is 0 Å². The van der Waals surface area contributed by atoms with Crippen LogP contribution in [0.5, 0.6) is 0 Å². The van der Waals surface area contributed by atoms with Crippen LogP contribution in [0.15, 0.2) is 24.3 Å². The third-order valence-electron chi connectivity index (χ3n) is 2.17. The fraction of sp³-hybridized carbons (Fsp3) is 0.462.